The molecule has 0 fully saturated rings. The van der Waals surface area contributed by atoms with Gasteiger partial charge in [-0.1, -0.05) is 19.9 Å². The highest BCUT2D eigenvalue weighted by molar-refractivity contribution is 5.38. The lowest BCUT2D eigenvalue weighted by Gasteiger charge is -2.14. The van der Waals surface area contributed by atoms with Crippen molar-refractivity contribution in [1.29, 1.82) is 0 Å². The summed E-state index contributed by atoms with van der Waals surface area (Å²) in [5.74, 6) is 1.48. The molecule has 1 aromatic carbocycles. The van der Waals surface area contributed by atoms with E-state index in [1.165, 1.54) is 24.0 Å². The second-order valence-corrected chi connectivity index (χ2v) is 5.80. The summed E-state index contributed by atoms with van der Waals surface area (Å²) in [4.78, 5) is 0. The lowest BCUT2D eigenvalue weighted by molar-refractivity contribution is 0.106. The topological polar surface area (TPSA) is 41.5 Å². The molecule has 1 aliphatic carbocycles. The number of aryl methyl sites for hydroxylation is 2. The standard InChI is InChI=1S/C16H25NO2/c1-12(2)9-17-10-15(18)11-19-16-7-6-13-4-3-5-14(13)8-16/h6-8,12,15,17-18H,3-5,9-11H2,1-2H3. The van der Waals surface area contributed by atoms with Crippen molar-refractivity contribution in [3.63, 3.8) is 0 Å². The van der Waals surface area contributed by atoms with E-state index in [1.807, 2.05) is 6.07 Å². The fourth-order valence-electron chi connectivity index (χ4n) is 2.43. The van der Waals surface area contributed by atoms with Gasteiger partial charge in [-0.15, -0.1) is 0 Å². The van der Waals surface area contributed by atoms with Crippen LogP contribution in [-0.2, 0) is 12.8 Å². The lowest BCUT2D eigenvalue weighted by Crippen LogP contribution is -2.33. The van der Waals surface area contributed by atoms with Crippen molar-refractivity contribution in [2.75, 3.05) is 19.7 Å². The molecular formula is C16H25NO2. The Kier molecular flexibility index (Phi) is 5.23. The molecule has 1 aromatic rings. The Balaban J connectivity index is 1.73. The second-order valence-electron chi connectivity index (χ2n) is 5.80. The van der Waals surface area contributed by atoms with E-state index in [-0.39, 0.29) is 0 Å². The highest BCUT2D eigenvalue weighted by atomic mass is 16.5. The van der Waals surface area contributed by atoms with E-state index in [0.717, 1.165) is 18.7 Å². The van der Waals surface area contributed by atoms with E-state index in [9.17, 15) is 5.11 Å². The van der Waals surface area contributed by atoms with Crippen LogP contribution in [0.2, 0.25) is 0 Å². The number of benzene rings is 1. The van der Waals surface area contributed by atoms with E-state index in [4.69, 9.17) is 4.74 Å². The van der Waals surface area contributed by atoms with Crippen LogP contribution in [0.5, 0.6) is 5.75 Å². The summed E-state index contributed by atoms with van der Waals surface area (Å²) in [5, 5.41) is 13.1. The lowest BCUT2D eigenvalue weighted by atomic mass is 10.1. The Hall–Kier alpha value is -1.06. The molecular weight excluding hydrogens is 238 g/mol. The van der Waals surface area contributed by atoms with Crippen molar-refractivity contribution < 1.29 is 9.84 Å². The summed E-state index contributed by atoms with van der Waals surface area (Å²) in [6.07, 6.45) is 3.15. The zero-order valence-corrected chi connectivity index (χ0v) is 12.0. The molecule has 0 saturated carbocycles. The van der Waals surface area contributed by atoms with Gasteiger partial charge in [0.2, 0.25) is 0 Å². The van der Waals surface area contributed by atoms with Crippen LogP contribution >= 0.6 is 0 Å². The summed E-state index contributed by atoms with van der Waals surface area (Å²) >= 11 is 0. The molecule has 1 unspecified atom stereocenters. The van der Waals surface area contributed by atoms with E-state index >= 15 is 0 Å². The third-order valence-corrected chi connectivity index (χ3v) is 3.44. The zero-order valence-electron chi connectivity index (χ0n) is 12.0. The molecule has 3 heteroatoms. The first kappa shape index (κ1) is 14.4. The molecule has 0 radical (unpaired) electrons. The van der Waals surface area contributed by atoms with Crippen molar-refractivity contribution in [2.24, 2.45) is 5.92 Å². The third kappa shape index (κ3) is 4.51. The molecule has 0 bridgehead atoms. The van der Waals surface area contributed by atoms with E-state index in [2.05, 4.69) is 31.3 Å². The molecule has 2 N–H and O–H groups in total. The van der Waals surface area contributed by atoms with Crippen LogP contribution in [0.25, 0.3) is 0 Å². The highest BCUT2D eigenvalue weighted by Crippen LogP contribution is 2.25. The summed E-state index contributed by atoms with van der Waals surface area (Å²) in [5.41, 5.74) is 2.86. The van der Waals surface area contributed by atoms with Crippen molar-refractivity contribution >= 4 is 0 Å². The van der Waals surface area contributed by atoms with Gasteiger partial charge in [-0.2, -0.15) is 0 Å². The van der Waals surface area contributed by atoms with Gasteiger partial charge in [0.15, 0.2) is 0 Å². The largest absolute Gasteiger partial charge is 0.491 e. The first-order valence-electron chi connectivity index (χ1n) is 7.28. The predicted molar refractivity (Wildman–Crippen MR) is 77.7 cm³/mol. The van der Waals surface area contributed by atoms with Gasteiger partial charge in [0.25, 0.3) is 0 Å². The number of aliphatic hydroxyl groups excluding tert-OH is 1. The molecule has 0 spiro atoms. The van der Waals surface area contributed by atoms with Gasteiger partial charge in [0.05, 0.1) is 0 Å². The first-order chi connectivity index (χ1) is 9.15. The van der Waals surface area contributed by atoms with Crippen LogP contribution < -0.4 is 10.1 Å². The van der Waals surface area contributed by atoms with Crippen LogP contribution in [0.4, 0.5) is 0 Å². The summed E-state index contributed by atoms with van der Waals surface area (Å²) < 4.78 is 5.66. The highest BCUT2D eigenvalue weighted by Gasteiger charge is 2.12. The van der Waals surface area contributed by atoms with Crippen LogP contribution in [0, 0.1) is 5.92 Å². The number of aliphatic hydroxyl groups is 1. The zero-order chi connectivity index (χ0) is 13.7. The van der Waals surface area contributed by atoms with Gasteiger partial charge < -0.3 is 15.2 Å². The molecule has 19 heavy (non-hydrogen) atoms. The summed E-state index contributed by atoms with van der Waals surface area (Å²) in [7, 11) is 0. The number of rotatable bonds is 7. The molecule has 0 amide bonds. The molecule has 0 aromatic heterocycles. The number of ether oxygens (including phenoxy) is 1. The SMILES string of the molecule is CC(C)CNCC(O)COc1ccc2c(c1)CCC2. The Labute approximate surface area is 116 Å². The predicted octanol–water partition coefficient (Wildman–Crippen LogP) is 2.16. The van der Waals surface area contributed by atoms with Gasteiger partial charge in [-0.3, -0.25) is 0 Å². The van der Waals surface area contributed by atoms with Crippen molar-refractivity contribution in [3.05, 3.63) is 29.3 Å². The molecule has 0 saturated heterocycles. The van der Waals surface area contributed by atoms with E-state index < -0.39 is 6.10 Å². The molecule has 0 heterocycles. The average Bonchev–Trinajstić information content (AvgIpc) is 2.83. The van der Waals surface area contributed by atoms with Crippen LogP contribution in [0.15, 0.2) is 18.2 Å². The smallest absolute Gasteiger partial charge is 0.119 e. The summed E-state index contributed by atoms with van der Waals surface area (Å²) in [6, 6.07) is 6.29. The van der Waals surface area contributed by atoms with Crippen LogP contribution in [0.3, 0.4) is 0 Å². The van der Waals surface area contributed by atoms with Crippen molar-refractivity contribution in [3.8, 4) is 5.75 Å². The van der Waals surface area contributed by atoms with Gasteiger partial charge >= 0.3 is 0 Å². The Morgan fingerprint density at radius 3 is 2.79 bits per heavy atom. The van der Waals surface area contributed by atoms with Gasteiger partial charge in [0.1, 0.15) is 18.5 Å². The number of hydrogen-bond acceptors (Lipinski definition) is 3. The van der Waals surface area contributed by atoms with E-state index in [0.29, 0.717) is 19.1 Å². The second kappa shape index (κ2) is 6.92. The minimum atomic E-state index is -0.452. The maximum Gasteiger partial charge on any atom is 0.119 e. The monoisotopic (exact) mass is 263 g/mol. The Bertz CT molecular complexity index is 404. The van der Waals surface area contributed by atoms with Gasteiger partial charge in [-0.05, 0) is 55.0 Å². The minimum Gasteiger partial charge on any atom is -0.491 e. The van der Waals surface area contributed by atoms with Crippen LogP contribution in [-0.4, -0.2) is 30.9 Å². The summed E-state index contributed by atoms with van der Waals surface area (Å²) in [6.45, 7) is 6.17. The van der Waals surface area contributed by atoms with Crippen molar-refractivity contribution in [1.82, 2.24) is 5.32 Å². The first-order valence-corrected chi connectivity index (χ1v) is 7.28. The van der Waals surface area contributed by atoms with Crippen LogP contribution in [0.1, 0.15) is 31.4 Å². The maximum atomic E-state index is 9.83. The van der Waals surface area contributed by atoms with Gasteiger partial charge in [-0.25, -0.2) is 0 Å². The quantitative estimate of drug-likeness (QED) is 0.792. The molecule has 2 rings (SSSR count). The molecule has 0 aliphatic heterocycles. The normalized spacial score (nSPS) is 15.6. The molecule has 1 aliphatic rings. The van der Waals surface area contributed by atoms with Crippen molar-refractivity contribution in [2.45, 2.75) is 39.2 Å². The Morgan fingerprint density at radius 2 is 2.00 bits per heavy atom. The fourth-order valence-corrected chi connectivity index (χ4v) is 2.43. The Morgan fingerprint density at radius 1 is 1.21 bits per heavy atom. The number of hydrogen-bond donors (Lipinski definition) is 2. The minimum absolute atomic E-state index is 0.351. The number of fused-ring (bicyclic) bond motifs is 1. The molecule has 106 valence electrons. The number of nitrogens with one attached hydrogen (secondary N) is 1. The average molecular weight is 263 g/mol. The maximum absolute atomic E-state index is 9.83. The van der Waals surface area contributed by atoms with E-state index in [1.54, 1.807) is 0 Å². The third-order valence-electron chi connectivity index (χ3n) is 3.44. The molecule has 1 atom stereocenters. The molecule has 3 nitrogen and oxygen atoms in total. The van der Waals surface area contributed by atoms with Gasteiger partial charge in [0, 0.05) is 6.54 Å². The fraction of sp³-hybridized carbons (Fsp3) is 0.625.